The molecule has 0 aromatic carbocycles. The smallest absolute Gasteiger partial charge is 0.0765 e. The molecular formula is C30H46N4O. The summed E-state index contributed by atoms with van der Waals surface area (Å²) >= 11 is 0. The van der Waals surface area contributed by atoms with E-state index in [2.05, 4.69) is 54.2 Å². The second kappa shape index (κ2) is 8.15. The number of ether oxygens (including phenoxy) is 1. The molecule has 6 aliphatic rings. The molecule has 5 nitrogen and oxygen atoms in total. The lowest BCUT2D eigenvalue weighted by Crippen LogP contribution is -2.48. The molecule has 2 saturated heterocycles. The molecule has 1 N–H and O–H groups in total. The summed E-state index contributed by atoms with van der Waals surface area (Å²) in [6.45, 7) is 11.2. The van der Waals surface area contributed by atoms with Crippen LogP contribution in [0.3, 0.4) is 0 Å². The van der Waals surface area contributed by atoms with E-state index in [0.29, 0.717) is 29.5 Å². The molecule has 0 radical (unpaired) electrons. The van der Waals surface area contributed by atoms with E-state index in [1.807, 2.05) is 11.8 Å². The van der Waals surface area contributed by atoms with Crippen molar-refractivity contribution in [1.29, 1.82) is 0 Å². The Hall–Kier alpha value is -1.20. The summed E-state index contributed by atoms with van der Waals surface area (Å²) in [5, 5.41) is 12.3. The third-order valence-corrected chi connectivity index (χ3v) is 12.4. The molecule has 5 fully saturated rings. The van der Waals surface area contributed by atoms with E-state index in [9.17, 15) is 0 Å². The van der Waals surface area contributed by atoms with Gasteiger partial charge in [0, 0.05) is 18.2 Å². The quantitative estimate of drug-likeness (QED) is 0.507. The zero-order chi connectivity index (χ0) is 23.9. The van der Waals surface area contributed by atoms with Gasteiger partial charge in [0.1, 0.15) is 0 Å². The van der Waals surface area contributed by atoms with Crippen molar-refractivity contribution < 1.29 is 4.74 Å². The Labute approximate surface area is 211 Å². The summed E-state index contributed by atoms with van der Waals surface area (Å²) in [4.78, 5) is 0. The van der Waals surface area contributed by atoms with Gasteiger partial charge in [-0.15, -0.1) is 5.10 Å². The molecule has 7 rings (SSSR count). The Kier molecular flexibility index (Phi) is 5.34. The standard InChI is InChI=1S/C30H46N4O/c1-18-13-27-28(31-17-18)20(3)30(35-27)10-8-23-24-6-5-21-14-22(34-12-11-32-33-34)7-9-29(21,4)26(24)15-25(23)19(2)16-30/h11-12,18,20-24,26-28,31H,5-10,13-17H2,1-4H3/t18-,20+,21+,22-,23-,24?,26-,27+,28-,29-,30-/m0/s1. The zero-order valence-corrected chi connectivity index (χ0v) is 22.4. The predicted octanol–water partition coefficient (Wildman–Crippen LogP) is 5.94. The monoisotopic (exact) mass is 478 g/mol. The number of hydrogen-bond donors (Lipinski definition) is 1. The molecule has 1 unspecified atom stereocenters. The van der Waals surface area contributed by atoms with Gasteiger partial charge in [-0.3, -0.25) is 0 Å². The van der Waals surface area contributed by atoms with Crippen molar-refractivity contribution in [1.82, 2.24) is 20.3 Å². The highest BCUT2D eigenvalue weighted by Crippen LogP contribution is 2.66. The Morgan fingerprint density at radius 1 is 1.11 bits per heavy atom. The molecule has 4 aliphatic carbocycles. The Morgan fingerprint density at radius 2 is 2.00 bits per heavy atom. The Bertz CT molecular complexity index is 988. The highest BCUT2D eigenvalue weighted by Gasteiger charge is 2.59. The van der Waals surface area contributed by atoms with Crippen molar-refractivity contribution in [3.8, 4) is 0 Å². The maximum Gasteiger partial charge on any atom is 0.0765 e. The van der Waals surface area contributed by atoms with Crippen LogP contribution in [0.2, 0.25) is 0 Å². The van der Waals surface area contributed by atoms with Gasteiger partial charge in [0.25, 0.3) is 0 Å². The summed E-state index contributed by atoms with van der Waals surface area (Å²) in [6.07, 6.45) is 17.5. The number of allylic oxidation sites excluding steroid dienone is 1. The molecule has 3 saturated carbocycles. The minimum absolute atomic E-state index is 0.0697. The van der Waals surface area contributed by atoms with Crippen molar-refractivity contribution in [2.45, 2.75) is 116 Å². The molecule has 1 aromatic rings. The molecule has 192 valence electrons. The van der Waals surface area contributed by atoms with Crippen molar-refractivity contribution >= 4 is 0 Å². The molecular weight excluding hydrogens is 432 g/mol. The van der Waals surface area contributed by atoms with Crippen molar-refractivity contribution in [2.75, 3.05) is 6.54 Å². The fraction of sp³-hybridized carbons (Fsp3) is 0.867. The molecule has 3 heterocycles. The number of piperidine rings is 1. The second-order valence-electron chi connectivity index (χ2n) is 14.0. The van der Waals surface area contributed by atoms with Crippen LogP contribution in [-0.4, -0.2) is 39.3 Å². The van der Waals surface area contributed by atoms with Crippen LogP contribution < -0.4 is 5.32 Å². The van der Waals surface area contributed by atoms with Crippen molar-refractivity contribution in [2.24, 2.45) is 40.9 Å². The molecule has 2 aliphatic heterocycles. The molecule has 0 bridgehead atoms. The van der Waals surface area contributed by atoms with Gasteiger partial charge in [-0.1, -0.05) is 37.1 Å². The van der Waals surface area contributed by atoms with E-state index in [-0.39, 0.29) is 5.60 Å². The number of nitrogens with zero attached hydrogens (tertiary/aromatic N) is 3. The average Bonchev–Trinajstić information content (AvgIpc) is 3.53. The lowest BCUT2D eigenvalue weighted by molar-refractivity contribution is -0.0753. The molecule has 35 heavy (non-hydrogen) atoms. The minimum atomic E-state index is 0.0697. The minimum Gasteiger partial charge on any atom is -0.369 e. The first kappa shape index (κ1) is 23.0. The van der Waals surface area contributed by atoms with E-state index in [1.165, 1.54) is 64.2 Å². The average molecular weight is 479 g/mol. The summed E-state index contributed by atoms with van der Waals surface area (Å²) < 4.78 is 9.22. The maximum atomic E-state index is 7.07. The largest absolute Gasteiger partial charge is 0.369 e. The number of rotatable bonds is 1. The highest BCUT2D eigenvalue weighted by molar-refractivity contribution is 5.29. The first-order chi connectivity index (χ1) is 16.9. The van der Waals surface area contributed by atoms with Crippen LogP contribution in [-0.2, 0) is 4.74 Å². The van der Waals surface area contributed by atoms with Gasteiger partial charge in [0.15, 0.2) is 0 Å². The van der Waals surface area contributed by atoms with Gasteiger partial charge >= 0.3 is 0 Å². The summed E-state index contributed by atoms with van der Waals surface area (Å²) in [7, 11) is 0. The first-order valence-corrected chi connectivity index (χ1v) is 14.8. The number of hydrogen-bond acceptors (Lipinski definition) is 4. The van der Waals surface area contributed by atoms with Gasteiger partial charge in [-0.2, -0.15) is 0 Å². The van der Waals surface area contributed by atoms with Gasteiger partial charge < -0.3 is 10.1 Å². The van der Waals surface area contributed by atoms with Crippen molar-refractivity contribution in [3.63, 3.8) is 0 Å². The topological polar surface area (TPSA) is 52.0 Å². The van der Waals surface area contributed by atoms with Crippen LogP contribution in [0.1, 0.15) is 97.9 Å². The van der Waals surface area contributed by atoms with Crippen LogP contribution in [0, 0.1) is 40.9 Å². The number of aromatic nitrogens is 3. The zero-order valence-electron chi connectivity index (χ0n) is 22.4. The summed E-state index contributed by atoms with van der Waals surface area (Å²) in [6, 6.07) is 1.12. The van der Waals surface area contributed by atoms with Crippen LogP contribution >= 0.6 is 0 Å². The normalized spacial score (nSPS) is 51.5. The third kappa shape index (κ3) is 3.39. The first-order valence-electron chi connectivity index (χ1n) is 14.8. The predicted molar refractivity (Wildman–Crippen MR) is 138 cm³/mol. The van der Waals surface area contributed by atoms with Crippen LogP contribution in [0.5, 0.6) is 0 Å². The Balaban J connectivity index is 1.13. The van der Waals surface area contributed by atoms with Crippen LogP contribution in [0.15, 0.2) is 23.5 Å². The van der Waals surface area contributed by atoms with Crippen LogP contribution in [0.25, 0.3) is 0 Å². The van der Waals surface area contributed by atoms with Gasteiger partial charge in [0.05, 0.1) is 23.9 Å². The molecule has 11 atom stereocenters. The SMILES string of the molecule is CC1=C2C[C@H]3C(CC[C@@H]4C[C@@H](n5ccnn5)CC[C@@]43C)[C@@H]2CC[C@@]2(C1)O[C@@H]1C[C@H](C)CN[C@H]1[C@H]2C. The van der Waals surface area contributed by atoms with E-state index < -0.39 is 0 Å². The second-order valence-corrected chi connectivity index (χ2v) is 14.0. The number of fused-ring (bicyclic) bond motifs is 6. The van der Waals surface area contributed by atoms with E-state index in [1.54, 1.807) is 5.57 Å². The molecule has 1 spiro atoms. The van der Waals surface area contributed by atoms with Gasteiger partial charge in [-0.05, 0) is 113 Å². The maximum absolute atomic E-state index is 7.07. The van der Waals surface area contributed by atoms with Crippen molar-refractivity contribution in [3.05, 3.63) is 23.5 Å². The van der Waals surface area contributed by atoms with Crippen LogP contribution in [0.4, 0.5) is 0 Å². The third-order valence-electron chi connectivity index (χ3n) is 12.4. The Morgan fingerprint density at radius 3 is 2.83 bits per heavy atom. The fourth-order valence-corrected chi connectivity index (χ4v) is 10.5. The highest BCUT2D eigenvalue weighted by atomic mass is 16.5. The molecule has 0 amide bonds. The van der Waals surface area contributed by atoms with E-state index in [4.69, 9.17) is 4.74 Å². The molecule has 5 heteroatoms. The summed E-state index contributed by atoms with van der Waals surface area (Å²) in [5.74, 6) is 4.79. The van der Waals surface area contributed by atoms with E-state index in [0.717, 1.165) is 36.1 Å². The van der Waals surface area contributed by atoms with Gasteiger partial charge in [-0.25, -0.2) is 4.68 Å². The fourth-order valence-electron chi connectivity index (χ4n) is 10.5. The number of nitrogens with one attached hydrogen (secondary N) is 1. The van der Waals surface area contributed by atoms with E-state index >= 15 is 0 Å². The lowest BCUT2D eigenvalue weighted by Gasteiger charge is -2.54. The summed E-state index contributed by atoms with van der Waals surface area (Å²) in [5.41, 5.74) is 4.14. The van der Waals surface area contributed by atoms with Gasteiger partial charge in [0.2, 0.25) is 0 Å². The molecule has 1 aromatic heterocycles. The lowest BCUT2D eigenvalue weighted by atomic mass is 9.52.